The zero-order valence-corrected chi connectivity index (χ0v) is 14.0. The highest BCUT2D eigenvalue weighted by Gasteiger charge is 2.15. The number of para-hydroxylation sites is 1. The average molecular weight is 355 g/mol. The molecular weight excluding hydrogens is 336 g/mol. The van der Waals surface area contributed by atoms with Crippen LogP contribution in [0.3, 0.4) is 0 Å². The maximum atomic E-state index is 9.42. The number of aromatic nitrogens is 2. The van der Waals surface area contributed by atoms with Gasteiger partial charge in [0, 0.05) is 12.6 Å². The van der Waals surface area contributed by atoms with E-state index in [1.54, 1.807) is 11.8 Å². The number of halogens is 1. The molecule has 5 nitrogen and oxygen atoms in total. The van der Waals surface area contributed by atoms with Crippen molar-refractivity contribution in [2.24, 2.45) is 7.05 Å². The monoisotopic (exact) mass is 354 g/mol. The molecule has 1 heterocycles. The molecule has 1 N–H and O–H groups in total. The predicted octanol–water partition coefficient (Wildman–Crippen LogP) is 2.82. The summed E-state index contributed by atoms with van der Waals surface area (Å²) in [7, 11) is 3.47. The third kappa shape index (κ3) is 3.22. The van der Waals surface area contributed by atoms with Gasteiger partial charge in [-0.15, -0.1) is 0 Å². The lowest BCUT2D eigenvalue weighted by Crippen LogP contribution is -2.06. The van der Waals surface area contributed by atoms with Crippen LogP contribution in [0.4, 0.5) is 0 Å². The molecule has 1 aromatic carbocycles. The first-order valence-electron chi connectivity index (χ1n) is 6.72. The zero-order chi connectivity index (χ0) is 15.4. The van der Waals surface area contributed by atoms with Gasteiger partial charge in [0.2, 0.25) is 0 Å². The maximum Gasteiger partial charge on any atom is 0.167 e. The summed E-state index contributed by atoms with van der Waals surface area (Å²) >= 11 is 3.56. The summed E-state index contributed by atoms with van der Waals surface area (Å²) in [6, 6.07) is 5.45. The average Bonchev–Trinajstić information content (AvgIpc) is 2.78. The molecule has 0 radical (unpaired) electrons. The molecule has 0 spiro atoms. The molecule has 2 aromatic rings. The van der Waals surface area contributed by atoms with E-state index in [0.717, 1.165) is 22.3 Å². The van der Waals surface area contributed by atoms with Crippen molar-refractivity contribution >= 4 is 15.9 Å². The third-order valence-corrected chi connectivity index (χ3v) is 4.22. The number of hydrogen-bond donors (Lipinski definition) is 1. The maximum absolute atomic E-state index is 9.42. The Bertz CT molecular complexity index is 603. The van der Waals surface area contributed by atoms with Gasteiger partial charge >= 0.3 is 0 Å². The van der Waals surface area contributed by atoms with E-state index >= 15 is 0 Å². The van der Waals surface area contributed by atoms with Crippen LogP contribution in [0.15, 0.2) is 22.7 Å². The van der Waals surface area contributed by atoms with Gasteiger partial charge in [0.1, 0.15) is 6.61 Å². The van der Waals surface area contributed by atoms with Crippen LogP contribution < -0.4 is 9.47 Å². The van der Waals surface area contributed by atoms with Gasteiger partial charge in [-0.2, -0.15) is 5.10 Å². The van der Waals surface area contributed by atoms with Crippen LogP contribution in [0.25, 0.3) is 0 Å². The van der Waals surface area contributed by atoms with Gasteiger partial charge in [0.25, 0.3) is 0 Å². The Labute approximate surface area is 132 Å². The number of benzene rings is 1. The van der Waals surface area contributed by atoms with E-state index in [4.69, 9.17) is 9.47 Å². The molecule has 2 rings (SSSR count). The number of ether oxygens (including phenoxy) is 2. The molecule has 0 bridgehead atoms. The summed E-state index contributed by atoms with van der Waals surface area (Å²) < 4.78 is 13.9. The quantitative estimate of drug-likeness (QED) is 0.866. The Balaban J connectivity index is 2.26. The molecule has 6 heteroatoms. The third-order valence-electron chi connectivity index (χ3n) is 3.31. The van der Waals surface area contributed by atoms with E-state index in [9.17, 15) is 5.11 Å². The van der Waals surface area contributed by atoms with Crippen LogP contribution >= 0.6 is 15.9 Å². The number of nitrogens with zero attached hydrogens (tertiary/aromatic N) is 2. The van der Waals surface area contributed by atoms with Gasteiger partial charge in [0.15, 0.2) is 11.5 Å². The molecule has 0 amide bonds. The first kappa shape index (κ1) is 15.9. The number of methoxy groups -OCH3 is 1. The first-order valence-corrected chi connectivity index (χ1v) is 7.51. The SMILES string of the molecule is CCc1nn(C)c(COc2c(CO)cccc2OC)c1Br. The van der Waals surface area contributed by atoms with Crippen molar-refractivity contribution in [1.82, 2.24) is 9.78 Å². The van der Waals surface area contributed by atoms with Crippen LogP contribution in [0.5, 0.6) is 11.5 Å². The number of aryl methyl sites for hydroxylation is 2. The van der Waals surface area contributed by atoms with Crippen molar-refractivity contribution in [3.8, 4) is 11.5 Å². The summed E-state index contributed by atoms with van der Waals surface area (Å²) in [6.45, 7) is 2.30. The topological polar surface area (TPSA) is 56.5 Å². The van der Waals surface area contributed by atoms with Gasteiger partial charge < -0.3 is 14.6 Å². The van der Waals surface area contributed by atoms with E-state index in [2.05, 4.69) is 28.0 Å². The fourth-order valence-corrected chi connectivity index (χ4v) is 2.86. The van der Waals surface area contributed by atoms with E-state index in [1.165, 1.54) is 0 Å². The van der Waals surface area contributed by atoms with Crippen molar-refractivity contribution < 1.29 is 14.6 Å². The Kier molecular flexibility index (Phi) is 5.25. The first-order chi connectivity index (χ1) is 10.1. The molecule has 0 saturated carbocycles. The molecule has 0 aliphatic heterocycles. The van der Waals surface area contributed by atoms with Crippen LogP contribution in [0, 0.1) is 0 Å². The molecule has 0 unspecified atom stereocenters. The van der Waals surface area contributed by atoms with E-state index in [0.29, 0.717) is 23.7 Å². The highest BCUT2D eigenvalue weighted by Crippen LogP contribution is 2.32. The minimum absolute atomic E-state index is 0.0979. The van der Waals surface area contributed by atoms with Crippen LogP contribution in [-0.4, -0.2) is 22.0 Å². The Morgan fingerprint density at radius 3 is 2.71 bits per heavy atom. The summed E-state index contributed by atoms with van der Waals surface area (Å²) in [5.41, 5.74) is 2.64. The van der Waals surface area contributed by atoms with Gasteiger partial charge in [-0.25, -0.2) is 0 Å². The standard InChI is InChI=1S/C15H19BrN2O3/c1-4-11-14(16)12(18(2)17-11)9-21-15-10(8-19)6-5-7-13(15)20-3/h5-7,19H,4,8-9H2,1-3H3. The van der Waals surface area contributed by atoms with Gasteiger partial charge in [-0.1, -0.05) is 19.1 Å². The van der Waals surface area contributed by atoms with Gasteiger partial charge in [-0.05, 0) is 28.4 Å². The second kappa shape index (κ2) is 6.95. The second-order valence-corrected chi connectivity index (χ2v) is 5.37. The number of aliphatic hydroxyl groups excluding tert-OH is 1. The summed E-state index contributed by atoms with van der Waals surface area (Å²) in [6.07, 6.45) is 0.852. The lowest BCUT2D eigenvalue weighted by Gasteiger charge is -2.14. The highest BCUT2D eigenvalue weighted by molar-refractivity contribution is 9.10. The number of hydrogen-bond acceptors (Lipinski definition) is 4. The zero-order valence-electron chi connectivity index (χ0n) is 12.4. The van der Waals surface area contributed by atoms with E-state index in [1.807, 2.05) is 25.2 Å². The molecule has 0 aliphatic rings. The minimum atomic E-state index is -0.0979. The summed E-state index contributed by atoms with van der Waals surface area (Å²) in [5.74, 6) is 1.17. The van der Waals surface area contributed by atoms with Crippen molar-refractivity contribution in [3.05, 3.63) is 39.6 Å². The van der Waals surface area contributed by atoms with Crippen molar-refractivity contribution in [2.75, 3.05) is 7.11 Å². The lowest BCUT2D eigenvalue weighted by molar-refractivity contribution is 0.245. The second-order valence-electron chi connectivity index (χ2n) is 4.58. The molecule has 21 heavy (non-hydrogen) atoms. The van der Waals surface area contributed by atoms with Gasteiger partial charge in [-0.3, -0.25) is 4.68 Å². The number of aliphatic hydroxyl groups is 1. The molecule has 0 fully saturated rings. The van der Waals surface area contributed by atoms with Crippen molar-refractivity contribution in [2.45, 2.75) is 26.6 Å². The summed E-state index contributed by atoms with van der Waals surface area (Å²) in [5, 5.41) is 13.9. The molecule has 0 atom stereocenters. The predicted molar refractivity (Wildman–Crippen MR) is 83.5 cm³/mol. The van der Waals surface area contributed by atoms with Crippen molar-refractivity contribution in [1.29, 1.82) is 0 Å². The highest BCUT2D eigenvalue weighted by atomic mass is 79.9. The van der Waals surface area contributed by atoms with Crippen LogP contribution in [-0.2, 0) is 26.7 Å². The Morgan fingerprint density at radius 2 is 2.14 bits per heavy atom. The van der Waals surface area contributed by atoms with E-state index in [-0.39, 0.29) is 6.61 Å². The number of rotatable bonds is 6. The minimum Gasteiger partial charge on any atom is -0.493 e. The fourth-order valence-electron chi connectivity index (χ4n) is 2.13. The molecular formula is C15H19BrN2O3. The van der Waals surface area contributed by atoms with Crippen LogP contribution in [0.2, 0.25) is 0 Å². The van der Waals surface area contributed by atoms with Crippen LogP contribution in [0.1, 0.15) is 23.9 Å². The summed E-state index contributed by atoms with van der Waals surface area (Å²) in [4.78, 5) is 0. The molecule has 114 valence electrons. The molecule has 0 saturated heterocycles. The lowest BCUT2D eigenvalue weighted by atomic mass is 10.2. The Hall–Kier alpha value is -1.53. The fraction of sp³-hybridized carbons (Fsp3) is 0.400. The molecule has 0 aliphatic carbocycles. The van der Waals surface area contributed by atoms with Gasteiger partial charge in [0.05, 0.1) is 29.6 Å². The Morgan fingerprint density at radius 1 is 1.38 bits per heavy atom. The van der Waals surface area contributed by atoms with E-state index < -0.39 is 0 Å². The molecule has 1 aromatic heterocycles. The van der Waals surface area contributed by atoms with Crippen molar-refractivity contribution in [3.63, 3.8) is 0 Å². The largest absolute Gasteiger partial charge is 0.493 e. The smallest absolute Gasteiger partial charge is 0.167 e. The normalized spacial score (nSPS) is 10.7.